The van der Waals surface area contributed by atoms with Crippen molar-refractivity contribution in [1.82, 2.24) is 19.7 Å². The van der Waals surface area contributed by atoms with Crippen LogP contribution in [0.1, 0.15) is 12.5 Å². The molecule has 4 nitrogen and oxygen atoms in total. The van der Waals surface area contributed by atoms with E-state index in [0.29, 0.717) is 17.9 Å². The van der Waals surface area contributed by atoms with Gasteiger partial charge in [0.05, 0.1) is 11.2 Å². The van der Waals surface area contributed by atoms with Crippen molar-refractivity contribution >= 4 is 22.7 Å². The van der Waals surface area contributed by atoms with E-state index in [0.717, 1.165) is 44.8 Å². The molecule has 3 aromatic carbocycles. The van der Waals surface area contributed by atoms with Crippen molar-refractivity contribution in [3.8, 4) is 22.6 Å². The lowest BCUT2D eigenvalue weighted by Gasteiger charge is -2.12. The van der Waals surface area contributed by atoms with Gasteiger partial charge in [-0.15, -0.1) is 10.2 Å². The van der Waals surface area contributed by atoms with Gasteiger partial charge in [0.25, 0.3) is 0 Å². The van der Waals surface area contributed by atoms with E-state index in [2.05, 4.69) is 16.3 Å². The summed E-state index contributed by atoms with van der Waals surface area (Å²) in [6.07, 6.45) is 0. The van der Waals surface area contributed by atoms with Gasteiger partial charge in [0.15, 0.2) is 22.6 Å². The number of hydrogen-bond acceptors (Lipinski definition) is 4. The molecular formula is C26H20F2N4S. The highest BCUT2D eigenvalue weighted by Gasteiger charge is 2.18. The third kappa shape index (κ3) is 4.24. The molecule has 164 valence electrons. The Bertz CT molecular complexity index is 1430. The molecule has 0 N–H and O–H groups in total. The molecule has 0 saturated carbocycles. The quantitative estimate of drug-likeness (QED) is 0.264. The number of pyridine rings is 1. The number of para-hydroxylation sites is 1. The van der Waals surface area contributed by atoms with Gasteiger partial charge in [-0.3, -0.25) is 0 Å². The molecule has 33 heavy (non-hydrogen) atoms. The SMILES string of the molecule is CCn1c(SCc2ccc(F)c(F)c2)nnc1-c1cc(-c2ccccc2)nc2ccccc12. The summed E-state index contributed by atoms with van der Waals surface area (Å²) in [5.41, 5.74) is 4.42. The van der Waals surface area contributed by atoms with Crippen LogP contribution in [0.4, 0.5) is 8.78 Å². The summed E-state index contributed by atoms with van der Waals surface area (Å²) in [6, 6.07) is 24.0. The smallest absolute Gasteiger partial charge is 0.191 e. The Morgan fingerprint density at radius 1 is 0.848 bits per heavy atom. The molecule has 0 saturated heterocycles. The lowest BCUT2D eigenvalue weighted by molar-refractivity contribution is 0.507. The van der Waals surface area contributed by atoms with Crippen molar-refractivity contribution in [3.05, 3.63) is 96.1 Å². The highest BCUT2D eigenvalue weighted by Crippen LogP contribution is 2.33. The van der Waals surface area contributed by atoms with Gasteiger partial charge in [0.1, 0.15) is 0 Å². The molecule has 0 aliphatic rings. The van der Waals surface area contributed by atoms with Crippen molar-refractivity contribution in [2.24, 2.45) is 0 Å². The van der Waals surface area contributed by atoms with Crippen molar-refractivity contribution < 1.29 is 8.78 Å². The molecule has 5 aromatic rings. The Labute approximate surface area is 194 Å². The summed E-state index contributed by atoms with van der Waals surface area (Å²) >= 11 is 1.45. The van der Waals surface area contributed by atoms with Crippen LogP contribution < -0.4 is 0 Å². The zero-order valence-electron chi connectivity index (χ0n) is 17.9. The third-order valence-corrected chi connectivity index (χ3v) is 6.45. The summed E-state index contributed by atoms with van der Waals surface area (Å²) in [7, 11) is 0. The average Bonchev–Trinajstić information content (AvgIpc) is 3.27. The van der Waals surface area contributed by atoms with Gasteiger partial charge in [-0.25, -0.2) is 13.8 Å². The molecule has 0 aliphatic carbocycles. The molecule has 5 rings (SSSR count). The lowest BCUT2D eigenvalue weighted by Crippen LogP contribution is -2.01. The van der Waals surface area contributed by atoms with Crippen molar-refractivity contribution in [2.45, 2.75) is 24.4 Å². The third-order valence-electron chi connectivity index (χ3n) is 5.41. The number of thioether (sulfide) groups is 1. The molecule has 2 heterocycles. The first kappa shape index (κ1) is 21.3. The minimum absolute atomic E-state index is 0.460. The van der Waals surface area contributed by atoms with Crippen molar-refractivity contribution in [2.75, 3.05) is 0 Å². The normalized spacial score (nSPS) is 11.2. The maximum atomic E-state index is 13.6. The van der Waals surface area contributed by atoms with E-state index in [9.17, 15) is 8.78 Å². The Morgan fingerprint density at radius 3 is 2.42 bits per heavy atom. The minimum Gasteiger partial charge on any atom is -0.302 e. The highest BCUT2D eigenvalue weighted by atomic mass is 32.2. The Hall–Kier alpha value is -3.58. The molecular weight excluding hydrogens is 438 g/mol. The van der Waals surface area contributed by atoms with Gasteiger partial charge in [0.2, 0.25) is 0 Å². The maximum Gasteiger partial charge on any atom is 0.191 e. The lowest BCUT2D eigenvalue weighted by atomic mass is 10.0. The summed E-state index contributed by atoms with van der Waals surface area (Å²) in [5.74, 6) is -0.480. The average molecular weight is 459 g/mol. The van der Waals surface area contributed by atoms with Crippen LogP contribution in [0, 0.1) is 11.6 Å². The van der Waals surface area contributed by atoms with E-state index in [1.807, 2.05) is 66.1 Å². The van der Waals surface area contributed by atoms with Crippen LogP contribution in [0.5, 0.6) is 0 Å². The zero-order valence-corrected chi connectivity index (χ0v) is 18.7. The number of benzene rings is 3. The Morgan fingerprint density at radius 2 is 1.64 bits per heavy atom. The standard InChI is InChI=1S/C26H20F2N4S/c1-2-32-25(30-31-26(32)33-16-17-12-13-21(27)22(28)14-17)20-15-24(18-8-4-3-5-9-18)29-23-11-7-6-10-19(20)23/h3-15H,2,16H2,1H3. The van der Waals surface area contributed by atoms with Gasteiger partial charge in [-0.2, -0.15) is 0 Å². The summed E-state index contributed by atoms with van der Waals surface area (Å²) in [5, 5.41) is 10.7. The first-order valence-corrected chi connectivity index (χ1v) is 11.6. The van der Waals surface area contributed by atoms with Crippen molar-refractivity contribution in [1.29, 1.82) is 0 Å². The number of aromatic nitrogens is 4. The molecule has 0 aliphatic heterocycles. The molecule has 0 radical (unpaired) electrons. The van der Waals surface area contributed by atoms with E-state index in [4.69, 9.17) is 4.98 Å². The van der Waals surface area contributed by atoms with Gasteiger partial charge in [-0.05, 0) is 36.8 Å². The molecule has 0 spiro atoms. The molecule has 0 atom stereocenters. The van der Waals surface area contributed by atoms with E-state index in [1.165, 1.54) is 17.8 Å². The fourth-order valence-electron chi connectivity index (χ4n) is 3.77. The van der Waals surface area contributed by atoms with Crippen LogP contribution in [0.2, 0.25) is 0 Å². The zero-order chi connectivity index (χ0) is 22.8. The monoisotopic (exact) mass is 458 g/mol. The fourth-order valence-corrected chi connectivity index (χ4v) is 4.72. The molecule has 2 aromatic heterocycles. The first-order chi connectivity index (χ1) is 16.1. The van der Waals surface area contributed by atoms with Gasteiger partial charge >= 0.3 is 0 Å². The topological polar surface area (TPSA) is 43.6 Å². The van der Waals surface area contributed by atoms with E-state index in [-0.39, 0.29) is 0 Å². The van der Waals surface area contributed by atoms with Crippen LogP contribution in [0.25, 0.3) is 33.5 Å². The minimum atomic E-state index is -0.846. The summed E-state index contributed by atoms with van der Waals surface area (Å²) in [4.78, 5) is 4.86. The van der Waals surface area contributed by atoms with Crippen LogP contribution in [0.3, 0.4) is 0 Å². The molecule has 0 unspecified atom stereocenters. The number of hydrogen-bond donors (Lipinski definition) is 0. The Balaban J connectivity index is 1.56. The van der Waals surface area contributed by atoms with Crippen LogP contribution in [0.15, 0.2) is 84.0 Å². The van der Waals surface area contributed by atoms with E-state index < -0.39 is 11.6 Å². The van der Waals surface area contributed by atoms with Crippen LogP contribution >= 0.6 is 11.8 Å². The predicted molar refractivity (Wildman–Crippen MR) is 128 cm³/mol. The van der Waals surface area contributed by atoms with Gasteiger partial charge in [-0.1, -0.05) is 66.4 Å². The number of nitrogens with zero attached hydrogens (tertiary/aromatic N) is 4. The van der Waals surface area contributed by atoms with Crippen LogP contribution in [-0.4, -0.2) is 19.7 Å². The molecule has 0 fully saturated rings. The van der Waals surface area contributed by atoms with E-state index in [1.54, 1.807) is 6.07 Å². The maximum absolute atomic E-state index is 13.6. The molecule has 0 amide bonds. The van der Waals surface area contributed by atoms with Gasteiger partial charge in [0, 0.05) is 28.8 Å². The largest absolute Gasteiger partial charge is 0.302 e. The second-order valence-corrected chi connectivity index (χ2v) is 8.47. The predicted octanol–water partition coefficient (Wildman–Crippen LogP) is 6.75. The van der Waals surface area contributed by atoms with Gasteiger partial charge < -0.3 is 4.57 Å². The number of halogens is 2. The second kappa shape index (κ2) is 9.11. The van der Waals surface area contributed by atoms with Crippen molar-refractivity contribution in [3.63, 3.8) is 0 Å². The first-order valence-electron chi connectivity index (χ1n) is 10.6. The van der Waals surface area contributed by atoms with Crippen LogP contribution in [-0.2, 0) is 12.3 Å². The summed E-state index contributed by atoms with van der Waals surface area (Å²) in [6.45, 7) is 2.70. The van der Waals surface area contributed by atoms with E-state index >= 15 is 0 Å². The Kier molecular flexibility index (Phi) is 5.88. The highest BCUT2D eigenvalue weighted by molar-refractivity contribution is 7.98. The molecule has 0 bridgehead atoms. The fraction of sp³-hybridized carbons (Fsp3) is 0.115. The summed E-state index contributed by atoms with van der Waals surface area (Å²) < 4.78 is 28.9. The number of rotatable bonds is 6. The molecule has 7 heteroatoms. The number of fused-ring (bicyclic) bond motifs is 1. The second-order valence-electron chi connectivity index (χ2n) is 7.53.